The summed E-state index contributed by atoms with van der Waals surface area (Å²) < 4.78 is 94.9. The van der Waals surface area contributed by atoms with E-state index >= 15 is 0 Å². The molecule has 1 aromatic carbocycles. The van der Waals surface area contributed by atoms with Crippen molar-refractivity contribution in [1.82, 2.24) is 30.1 Å². The Balaban J connectivity index is 1.31. The summed E-state index contributed by atoms with van der Waals surface area (Å²) in [7, 11) is -4.05. The van der Waals surface area contributed by atoms with Crippen LogP contribution in [0.5, 0.6) is 0 Å². The highest BCUT2D eigenvalue weighted by molar-refractivity contribution is 7.91. The van der Waals surface area contributed by atoms with Gasteiger partial charge in [-0.15, -0.1) is 0 Å². The van der Waals surface area contributed by atoms with Crippen LogP contribution in [0, 0.1) is 17.7 Å². The van der Waals surface area contributed by atoms with E-state index in [0.717, 1.165) is 9.80 Å². The van der Waals surface area contributed by atoms with Gasteiger partial charge in [-0.2, -0.15) is 13.2 Å². The number of nitrogens with one attached hydrogen (secondary N) is 3. The van der Waals surface area contributed by atoms with E-state index in [4.69, 9.17) is 9.47 Å². The van der Waals surface area contributed by atoms with Gasteiger partial charge in [0.2, 0.25) is 21.8 Å². The Morgan fingerprint density at radius 1 is 1.04 bits per heavy atom. The lowest BCUT2D eigenvalue weighted by atomic mass is 9.95. The third-order valence-corrected chi connectivity index (χ3v) is 13.0. The van der Waals surface area contributed by atoms with Crippen molar-refractivity contribution in [3.8, 4) is 0 Å². The Labute approximate surface area is 328 Å². The fourth-order valence-electron chi connectivity index (χ4n) is 8.10. The highest BCUT2D eigenvalue weighted by Gasteiger charge is 2.64. The van der Waals surface area contributed by atoms with Crippen LogP contribution in [0.4, 0.5) is 27.2 Å². The molecule has 1 aromatic rings. The van der Waals surface area contributed by atoms with Gasteiger partial charge in [0.15, 0.2) is 0 Å². The van der Waals surface area contributed by atoms with Crippen molar-refractivity contribution in [3.05, 3.63) is 35.1 Å². The molecule has 316 valence electrons. The lowest BCUT2D eigenvalue weighted by Gasteiger charge is -2.31. The number of ether oxygens (including phenoxy) is 2. The zero-order valence-electron chi connectivity index (χ0n) is 32.3. The van der Waals surface area contributed by atoms with Crippen molar-refractivity contribution in [2.75, 3.05) is 26.2 Å². The van der Waals surface area contributed by atoms with E-state index in [2.05, 4.69) is 15.4 Å². The van der Waals surface area contributed by atoms with E-state index in [1.165, 1.54) is 17.0 Å². The monoisotopic (exact) mass is 830 g/mol. The Kier molecular flexibility index (Phi) is 11.8. The summed E-state index contributed by atoms with van der Waals surface area (Å²) >= 11 is 0. The van der Waals surface area contributed by atoms with Crippen molar-refractivity contribution in [2.45, 2.75) is 126 Å². The molecule has 15 nitrogen and oxygen atoms in total. The van der Waals surface area contributed by atoms with Crippen LogP contribution < -0.4 is 15.4 Å². The molecule has 3 N–H and O–H groups in total. The highest BCUT2D eigenvalue weighted by atomic mass is 32.2. The maximum absolute atomic E-state index is 14.5. The molecule has 2 saturated heterocycles. The standard InChI is InChI=1S/C37H50F4N6O9S/c1-21-7-6-13-45(20-37(39,40)41)14-12-28(42-33(51)56-35(2,3)4)31(49)47-18-23(55-34(52)46-17-22-8-5-9-27(38)25(22)19-46)15-29(47)30(48)43-36(16-26(21)36)32(50)44-57(53,54)24-10-11-24/h5,8-9,21,23-24,26,28-29H,6-7,10-20H2,1-4H3,(H,42,51)(H,43,48)(H,44,50)/t21?,23-,26+,28+,29+,36-/m1/s1. The summed E-state index contributed by atoms with van der Waals surface area (Å²) in [5.41, 5.74) is -1.83. The number of alkyl carbamates (subject to hydrolysis) is 1. The van der Waals surface area contributed by atoms with Crippen molar-refractivity contribution in [1.29, 1.82) is 0 Å². The summed E-state index contributed by atoms with van der Waals surface area (Å²) in [6.45, 7) is 4.44. The summed E-state index contributed by atoms with van der Waals surface area (Å²) in [6, 6.07) is 1.52. The summed E-state index contributed by atoms with van der Waals surface area (Å²) in [4.78, 5) is 72.6. The molecule has 0 spiro atoms. The van der Waals surface area contributed by atoms with Crippen LogP contribution in [-0.2, 0) is 47.0 Å². The third-order valence-electron chi connectivity index (χ3n) is 11.2. The molecule has 1 unspecified atom stereocenters. The molecular weight excluding hydrogens is 780 g/mol. The molecule has 3 aliphatic heterocycles. The van der Waals surface area contributed by atoms with Crippen LogP contribution in [0.25, 0.3) is 0 Å². The molecule has 4 fully saturated rings. The smallest absolute Gasteiger partial charge is 0.410 e. The van der Waals surface area contributed by atoms with E-state index in [-0.39, 0.29) is 64.3 Å². The van der Waals surface area contributed by atoms with Crippen molar-refractivity contribution < 1.29 is 59.4 Å². The van der Waals surface area contributed by atoms with E-state index in [9.17, 15) is 50.0 Å². The highest BCUT2D eigenvalue weighted by Crippen LogP contribution is 2.51. The number of carbonyl (C=O) groups is 5. The minimum atomic E-state index is -4.60. The first-order chi connectivity index (χ1) is 26.5. The fraction of sp³-hybridized carbons (Fsp3) is 0.703. The van der Waals surface area contributed by atoms with Crippen LogP contribution in [0.2, 0.25) is 0 Å². The molecule has 5 aliphatic rings. The van der Waals surface area contributed by atoms with Crippen LogP contribution in [0.1, 0.15) is 83.8 Å². The van der Waals surface area contributed by atoms with Gasteiger partial charge in [-0.3, -0.25) is 28.9 Å². The van der Waals surface area contributed by atoms with Gasteiger partial charge in [0.25, 0.3) is 5.91 Å². The van der Waals surface area contributed by atoms with Crippen LogP contribution in [0.3, 0.4) is 0 Å². The molecule has 20 heteroatoms. The predicted molar refractivity (Wildman–Crippen MR) is 194 cm³/mol. The zero-order valence-corrected chi connectivity index (χ0v) is 33.1. The molecule has 6 rings (SSSR count). The van der Waals surface area contributed by atoms with Crippen molar-refractivity contribution in [2.24, 2.45) is 11.8 Å². The molecule has 5 amide bonds. The van der Waals surface area contributed by atoms with E-state index in [1.54, 1.807) is 33.8 Å². The van der Waals surface area contributed by atoms with Crippen LogP contribution in [-0.4, -0.2) is 120 Å². The molecule has 0 bridgehead atoms. The summed E-state index contributed by atoms with van der Waals surface area (Å²) in [6.07, 6.45) is -6.86. The molecule has 2 saturated carbocycles. The Morgan fingerprint density at radius 2 is 1.75 bits per heavy atom. The normalized spacial score (nSPS) is 28.9. The second kappa shape index (κ2) is 15.9. The number of nitrogens with zero attached hydrogens (tertiary/aromatic N) is 3. The number of carbonyl (C=O) groups excluding carboxylic acids is 5. The number of amides is 5. The lowest BCUT2D eigenvalue weighted by Crippen LogP contribution is -2.59. The number of rotatable bonds is 6. The first-order valence-electron chi connectivity index (χ1n) is 19.2. The summed E-state index contributed by atoms with van der Waals surface area (Å²) in [5, 5.41) is 4.45. The van der Waals surface area contributed by atoms with Gasteiger partial charge in [-0.1, -0.05) is 19.1 Å². The van der Waals surface area contributed by atoms with E-state index < -0.39 is 99.0 Å². The third kappa shape index (κ3) is 10.1. The Morgan fingerprint density at radius 3 is 2.40 bits per heavy atom. The van der Waals surface area contributed by atoms with Crippen molar-refractivity contribution >= 4 is 39.9 Å². The topological polar surface area (TPSA) is 184 Å². The predicted octanol–water partition coefficient (Wildman–Crippen LogP) is 3.31. The van der Waals surface area contributed by atoms with Gasteiger partial charge < -0.3 is 25.0 Å². The minimum absolute atomic E-state index is 0.0339. The molecule has 3 heterocycles. The molecule has 0 radical (unpaired) electrons. The van der Waals surface area contributed by atoms with Gasteiger partial charge >= 0.3 is 18.4 Å². The number of hydrogen-bond donors (Lipinski definition) is 3. The molecular formula is C37H50F4N6O9S. The number of alkyl halides is 3. The SMILES string of the molecule is CC1CCCN(CC(F)(F)F)CC[C@H](NC(=O)OC(C)(C)C)C(=O)N2C[C@H](OC(=O)N3Cc4cccc(F)c4C3)C[C@H]2C(=O)N[C@]2(C(=O)NS(=O)(=O)C3CC3)C[C@@H]12. The number of sulfonamides is 1. The second-order valence-corrected chi connectivity index (χ2v) is 18.9. The largest absolute Gasteiger partial charge is 0.444 e. The van der Waals surface area contributed by atoms with Crippen LogP contribution in [0.15, 0.2) is 18.2 Å². The Hall–Kier alpha value is -4.20. The Bertz CT molecular complexity index is 1870. The quantitative estimate of drug-likeness (QED) is 0.360. The minimum Gasteiger partial charge on any atom is -0.444 e. The van der Waals surface area contributed by atoms with Gasteiger partial charge in [-0.25, -0.2) is 22.4 Å². The van der Waals surface area contributed by atoms with Crippen molar-refractivity contribution in [3.63, 3.8) is 0 Å². The first kappa shape index (κ1) is 42.4. The van der Waals surface area contributed by atoms with Crippen LogP contribution >= 0.6 is 0 Å². The summed E-state index contributed by atoms with van der Waals surface area (Å²) in [5.74, 6) is -4.11. The fourth-order valence-corrected chi connectivity index (χ4v) is 9.47. The van der Waals surface area contributed by atoms with E-state index in [1.807, 2.05) is 0 Å². The average molecular weight is 831 g/mol. The van der Waals surface area contributed by atoms with E-state index in [0.29, 0.717) is 30.4 Å². The molecule has 2 aliphatic carbocycles. The maximum atomic E-state index is 14.5. The lowest BCUT2D eigenvalue weighted by molar-refractivity contribution is -0.147. The molecule has 57 heavy (non-hydrogen) atoms. The van der Waals surface area contributed by atoms with Gasteiger partial charge in [-0.05, 0) is 89.3 Å². The number of benzene rings is 1. The second-order valence-electron chi connectivity index (χ2n) is 16.9. The van der Waals surface area contributed by atoms with Gasteiger partial charge in [0.1, 0.15) is 35.1 Å². The molecule has 0 aromatic heterocycles. The van der Waals surface area contributed by atoms with Gasteiger partial charge in [0, 0.05) is 25.1 Å². The zero-order chi connectivity index (χ0) is 41.7. The number of fused-ring (bicyclic) bond motifs is 3. The number of halogens is 4. The first-order valence-corrected chi connectivity index (χ1v) is 20.8. The number of hydrogen-bond acceptors (Lipinski definition) is 10. The van der Waals surface area contributed by atoms with Gasteiger partial charge in [0.05, 0.1) is 24.9 Å². The maximum Gasteiger partial charge on any atom is 0.410 e. The average Bonchev–Trinajstić information content (AvgIpc) is 3.99. The molecule has 6 atom stereocenters.